The molecule has 4 aromatic carbocycles. The minimum absolute atomic E-state index is 0.678. The summed E-state index contributed by atoms with van der Waals surface area (Å²) in [6.45, 7) is 8.57. The third kappa shape index (κ3) is 5.92. The quantitative estimate of drug-likeness (QED) is 0.237. The average Bonchev–Trinajstić information content (AvgIpc) is 2.85. The monoisotopic (exact) mass is 471 g/mol. The molecule has 0 aliphatic carbocycles. The molecule has 178 valence electrons. The van der Waals surface area contributed by atoms with Crippen molar-refractivity contribution < 1.29 is 9.90 Å². The predicted octanol–water partition coefficient (Wildman–Crippen LogP) is 8.00. The molecule has 0 aromatic heterocycles. The summed E-state index contributed by atoms with van der Waals surface area (Å²) in [5.74, 6) is 3.63. The highest BCUT2D eigenvalue weighted by Gasteiger charge is 2.16. The molecule has 0 atom stereocenters. The molecular weight excluding hydrogens is 442 g/mol. The van der Waals surface area contributed by atoms with E-state index < -0.39 is 5.97 Å². The molecule has 4 aromatic rings. The number of aryl methyl sites for hydroxylation is 4. The molecule has 1 N–H and O–H groups in total. The van der Waals surface area contributed by atoms with Gasteiger partial charge in [-0.05, 0) is 86.3 Å². The number of anilines is 3. The minimum Gasteiger partial charge on any atom is -0.472 e. The highest BCUT2D eigenvalue weighted by molar-refractivity contribution is 5.87. The van der Waals surface area contributed by atoms with Gasteiger partial charge < -0.3 is 10.0 Å². The summed E-state index contributed by atoms with van der Waals surface area (Å²) in [7, 11) is 0. The zero-order chi connectivity index (χ0) is 25.7. The van der Waals surface area contributed by atoms with Gasteiger partial charge in [0.25, 0.3) is 0 Å². The number of aliphatic carboxylic acids is 1. The SMILES string of the molecule is Cc1ccc(N(c2ccc(C=Cc3ccc(C#CC(=O)O)cc3)cc2)c2ccc(C)cc2C)c(C)c1. The van der Waals surface area contributed by atoms with Gasteiger partial charge in [0.05, 0.1) is 0 Å². The van der Waals surface area contributed by atoms with Crippen LogP contribution in [-0.2, 0) is 4.79 Å². The Morgan fingerprint density at radius 3 is 1.61 bits per heavy atom. The van der Waals surface area contributed by atoms with E-state index in [1.54, 1.807) is 0 Å². The molecule has 3 nitrogen and oxygen atoms in total. The minimum atomic E-state index is -1.13. The van der Waals surface area contributed by atoms with Crippen LogP contribution in [0.1, 0.15) is 38.9 Å². The van der Waals surface area contributed by atoms with Gasteiger partial charge in [0.1, 0.15) is 0 Å². The number of carboxylic acids is 1. The van der Waals surface area contributed by atoms with E-state index in [2.05, 4.69) is 111 Å². The number of nitrogens with zero attached hydrogens (tertiary/aromatic N) is 1. The molecule has 0 heterocycles. The van der Waals surface area contributed by atoms with Gasteiger partial charge in [-0.3, -0.25) is 0 Å². The van der Waals surface area contributed by atoms with E-state index >= 15 is 0 Å². The maximum absolute atomic E-state index is 10.6. The standard InChI is InChI=1S/C33H29NO2/c1-23-5-18-31(25(3)21-23)34(32-19-6-24(2)22-26(32)4)30-16-13-29(14-17-30)12-9-27-7-10-28(11-8-27)15-20-33(35)36/h5-14,16-19,21-22H,1-4H3,(H,35,36). The van der Waals surface area contributed by atoms with Crippen molar-refractivity contribution in [3.8, 4) is 11.8 Å². The Balaban J connectivity index is 1.63. The van der Waals surface area contributed by atoms with Crippen LogP contribution >= 0.6 is 0 Å². The molecule has 36 heavy (non-hydrogen) atoms. The summed E-state index contributed by atoms with van der Waals surface area (Å²) >= 11 is 0. The van der Waals surface area contributed by atoms with E-state index in [9.17, 15) is 4.79 Å². The first-order valence-corrected chi connectivity index (χ1v) is 11.9. The maximum atomic E-state index is 10.6. The molecule has 0 fully saturated rings. The Morgan fingerprint density at radius 2 is 1.17 bits per heavy atom. The second-order valence-electron chi connectivity index (χ2n) is 9.02. The van der Waals surface area contributed by atoms with Crippen LogP contribution in [0.2, 0.25) is 0 Å². The topological polar surface area (TPSA) is 40.5 Å². The van der Waals surface area contributed by atoms with Crippen molar-refractivity contribution in [3.05, 3.63) is 124 Å². The Bertz CT molecular complexity index is 1430. The van der Waals surface area contributed by atoms with Crippen LogP contribution in [0.5, 0.6) is 0 Å². The van der Waals surface area contributed by atoms with Crippen LogP contribution in [0.4, 0.5) is 17.1 Å². The first-order chi connectivity index (χ1) is 17.3. The van der Waals surface area contributed by atoms with E-state index in [1.165, 1.54) is 33.6 Å². The van der Waals surface area contributed by atoms with E-state index in [-0.39, 0.29) is 0 Å². The summed E-state index contributed by atoms with van der Waals surface area (Å²) in [6, 6.07) is 29.2. The normalized spacial score (nSPS) is 10.7. The van der Waals surface area contributed by atoms with E-state index in [0.29, 0.717) is 5.56 Å². The fourth-order valence-electron chi connectivity index (χ4n) is 4.25. The van der Waals surface area contributed by atoms with E-state index in [1.807, 2.05) is 30.3 Å². The van der Waals surface area contributed by atoms with Crippen LogP contribution in [0, 0.1) is 39.5 Å². The van der Waals surface area contributed by atoms with E-state index in [4.69, 9.17) is 5.11 Å². The highest BCUT2D eigenvalue weighted by Crippen LogP contribution is 2.38. The first kappa shape index (κ1) is 24.6. The van der Waals surface area contributed by atoms with Crippen LogP contribution in [0.25, 0.3) is 12.2 Å². The largest absolute Gasteiger partial charge is 0.472 e. The summed E-state index contributed by atoms with van der Waals surface area (Å²) in [6.07, 6.45) is 4.11. The molecule has 0 unspecified atom stereocenters. The summed E-state index contributed by atoms with van der Waals surface area (Å²) in [5, 5.41) is 8.68. The predicted molar refractivity (Wildman–Crippen MR) is 150 cm³/mol. The lowest BCUT2D eigenvalue weighted by molar-refractivity contribution is -0.130. The van der Waals surface area contributed by atoms with Gasteiger partial charge in [-0.15, -0.1) is 0 Å². The van der Waals surface area contributed by atoms with Gasteiger partial charge in [-0.1, -0.05) is 77.7 Å². The second kappa shape index (κ2) is 10.8. The zero-order valence-corrected chi connectivity index (χ0v) is 21.0. The van der Waals surface area contributed by atoms with Gasteiger partial charge in [0, 0.05) is 28.5 Å². The lowest BCUT2D eigenvalue weighted by Crippen LogP contribution is -2.12. The maximum Gasteiger partial charge on any atom is 0.382 e. The van der Waals surface area contributed by atoms with Crippen LogP contribution < -0.4 is 4.90 Å². The van der Waals surface area contributed by atoms with Crippen molar-refractivity contribution in [2.24, 2.45) is 0 Å². The number of carbonyl (C=O) groups is 1. The third-order valence-electron chi connectivity index (χ3n) is 6.03. The Morgan fingerprint density at radius 1 is 0.694 bits per heavy atom. The summed E-state index contributed by atoms with van der Waals surface area (Å²) in [4.78, 5) is 12.9. The molecule has 0 saturated carbocycles. The molecule has 3 heteroatoms. The van der Waals surface area contributed by atoms with Crippen LogP contribution in [-0.4, -0.2) is 11.1 Å². The molecule has 0 aliphatic heterocycles. The molecule has 4 rings (SSSR count). The van der Waals surface area contributed by atoms with Crippen molar-refractivity contribution in [1.29, 1.82) is 0 Å². The first-order valence-electron chi connectivity index (χ1n) is 11.9. The fourth-order valence-corrected chi connectivity index (χ4v) is 4.25. The Kier molecular flexibility index (Phi) is 7.37. The number of hydrogen-bond acceptors (Lipinski definition) is 2. The molecule has 0 bridgehead atoms. The van der Waals surface area contributed by atoms with Crippen molar-refractivity contribution in [2.75, 3.05) is 4.90 Å². The van der Waals surface area contributed by atoms with Crippen LogP contribution in [0.15, 0.2) is 84.9 Å². The molecular formula is C33H29NO2. The van der Waals surface area contributed by atoms with Gasteiger partial charge in [-0.2, -0.15) is 0 Å². The lowest BCUT2D eigenvalue weighted by Gasteiger charge is -2.29. The van der Waals surface area contributed by atoms with Gasteiger partial charge >= 0.3 is 5.97 Å². The van der Waals surface area contributed by atoms with E-state index in [0.717, 1.165) is 16.8 Å². The van der Waals surface area contributed by atoms with Gasteiger partial charge in [0.15, 0.2) is 0 Å². The molecule has 0 amide bonds. The van der Waals surface area contributed by atoms with Crippen molar-refractivity contribution in [1.82, 2.24) is 0 Å². The smallest absolute Gasteiger partial charge is 0.382 e. The number of hydrogen-bond donors (Lipinski definition) is 1. The second-order valence-corrected chi connectivity index (χ2v) is 9.02. The number of benzene rings is 4. The van der Waals surface area contributed by atoms with Crippen molar-refractivity contribution in [2.45, 2.75) is 27.7 Å². The molecule has 0 saturated heterocycles. The Labute approximate surface area is 213 Å². The van der Waals surface area contributed by atoms with Gasteiger partial charge in [-0.25, -0.2) is 4.79 Å². The van der Waals surface area contributed by atoms with Crippen molar-refractivity contribution >= 4 is 35.2 Å². The Hall–Kier alpha value is -4.55. The molecule has 0 spiro atoms. The summed E-state index contributed by atoms with van der Waals surface area (Å²) in [5.41, 5.74) is 11.2. The number of rotatable bonds is 5. The zero-order valence-electron chi connectivity index (χ0n) is 21.0. The average molecular weight is 472 g/mol. The lowest BCUT2D eigenvalue weighted by atomic mass is 10.0. The van der Waals surface area contributed by atoms with Crippen LogP contribution in [0.3, 0.4) is 0 Å². The highest BCUT2D eigenvalue weighted by atomic mass is 16.4. The fraction of sp³-hybridized carbons (Fsp3) is 0.121. The van der Waals surface area contributed by atoms with Gasteiger partial charge in [0.2, 0.25) is 0 Å². The van der Waals surface area contributed by atoms with Crippen molar-refractivity contribution in [3.63, 3.8) is 0 Å². The third-order valence-corrected chi connectivity index (χ3v) is 6.03. The number of carboxylic acid groups (broad SMARTS) is 1. The molecule has 0 aliphatic rings. The molecule has 0 radical (unpaired) electrons. The summed E-state index contributed by atoms with van der Waals surface area (Å²) < 4.78 is 0.